The van der Waals surface area contributed by atoms with E-state index in [1.807, 2.05) is 18.2 Å². The predicted octanol–water partition coefficient (Wildman–Crippen LogP) is 2.43. The molecule has 0 aliphatic carbocycles. The second kappa shape index (κ2) is 9.61. The van der Waals surface area contributed by atoms with Crippen molar-refractivity contribution in [2.24, 2.45) is 5.92 Å². The topological polar surface area (TPSA) is 42.5 Å². The summed E-state index contributed by atoms with van der Waals surface area (Å²) in [7, 11) is 3.38. The Morgan fingerprint density at radius 3 is 2.45 bits per heavy atom. The number of nitrogens with one attached hydrogen (secondary N) is 2. The van der Waals surface area contributed by atoms with Crippen LogP contribution in [0.3, 0.4) is 0 Å². The Kier molecular flexibility index (Phi) is 8.07. The number of benzene rings is 1. The molecule has 114 valence electrons. The summed E-state index contributed by atoms with van der Waals surface area (Å²) in [4.78, 5) is 0. The molecule has 0 aliphatic rings. The summed E-state index contributed by atoms with van der Waals surface area (Å²) in [5.41, 5.74) is 1.13. The molecule has 0 atom stereocenters. The molecule has 0 aliphatic heterocycles. The summed E-state index contributed by atoms with van der Waals surface area (Å²) < 4.78 is 10.6. The van der Waals surface area contributed by atoms with Crippen molar-refractivity contribution in [3.8, 4) is 11.5 Å². The smallest absolute Gasteiger partial charge is 0.123 e. The van der Waals surface area contributed by atoms with Crippen LogP contribution in [0.15, 0.2) is 18.2 Å². The summed E-state index contributed by atoms with van der Waals surface area (Å²) in [5.74, 6) is 2.47. The van der Waals surface area contributed by atoms with Crippen LogP contribution in [-0.4, -0.2) is 33.9 Å². The minimum absolute atomic E-state index is 0.712. The standard InChI is InChI=1S/C16H28N2O2/c1-13(2)11-17-8-5-9-18-12-14-10-15(19-3)6-7-16(14)20-4/h6-7,10,13,17-18H,5,8-9,11-12H2,1-4H3. The van der Waals surface area contributed by atoms with Gasteiger partial charge in [0, 0.05) is 12.1 Å². The Labute approximate surface area is 122 Å². The predicted molar refractivity (Wildman–Crippen MR) is 83.6 cm³/mol. The highest BCUT2D eigenvalue weighted by Crippen LogP contribution is 2.23. The van der Waals surface area contributed by atoms with E-state index < -0.39 is 0 Å². The number of ether oxygens (including phenoxy) is 2. The lowest BCUT2D eigenvalue weighted by molar-refractivity contribution is 0.397. The molecule has 1 rings (SSSR count). The van der Waals surface area contributed by atoms with Crippen LogP contribution in [-0.2, 0) is 6.54 Å². The van der Waals surface area contributed by atoms with E-state index in [0.29, 0.717) is 5.92 Å². The number of hydrogen-bond donors (Lipinski definition) is 2. The van der Waals surface area contributed by atoms with Crippen molar-refractivity contribution in [3.63, 3.8) is 0 Å². The minimum Gasteiger partial charge on any atom is -0.497 e. The molecule has 0 saturated heterocycles. The average Bonchev–Trinajstić information content (AvgIpc) is 2.45. The van der Waals surface area contributed by atoms with Crippen molar-refractivity contribution in [2.45, 2.75) is 26.8 Å². The first kappa shape index (κ1) is 16.8. The summed E-state index contributed by atoms with van der Waals surface area (Å²) in [6.45, 7) is 8.38. The largest absolute Gasteiger partial charge is 0.497 e. The van der Waals surface area contributed by atoms with Crippen LogP contribution in [0.2, 0.25) is 0 Å². The average molecular weight is 280 g/mol. The van der Waals surface area contributed by atoms with E-state index in [1.54, 1.807) is 14.2 Å². The first-order valence-corrected chi connectivity index (χ1v) is 7.29. The fourth-order valence-electron chi connectivity index (χ4n) is 1.97. The number of rotatable bonds is 10. The maximum Gasteiger partial charge on any atom is 0.123 e. The van der Waals surface area contributed by atoms with Gasteiger partial charge in [0.2, 0.25) is 0 Å². The molecule has 0 aromatic heterocycles. The van der Waals surface area contributed by atoms with Crippen molar-refractivity contribution >= 4 is 0 Å². The van der Waals surface area contributed by atoms with Gasteiger partial charge >= 0.3 is 0 Å². The molecule has 0 saturated carbocycles. The summed E-state index contributed by atoms with van der Waals surface area (Å²) >= 11 is 0. The van der Waals surface area contributed by atoms with Gasteiger partial charge in [0.15, 0.2) is 0 Å². The van der Waals surface area contributed by atoms with E-state index in [-0.39, 0.29) is 0 Å². The maximum atomic E-state index is 5.36. The van der Waals surface area contributed by atoms with Gasteiger partial charge < -0.3 is 20.1 Å². The van der Waals surface area contributed by atoms with E-state index in [0.717, 1.165) is 49.7 Å². The molecule has 0 spiro atoms. The second-order valence-corrected chi connectivity index (χ2v) is 5.31. The Balaban J connectivity index is 2.27. The molecule has 0 heterocycles. The van der Waals surface area contributed by atoms with Crippen molar-refractivity contribution in [2.75, 3.05) is 33.9 Å². The molecule has 4 heteroatoms. The molecule has 2 N–H and O–H groups in total. The van der Waals surface area contributed by atoms with Gasteiger partial charge in [-0.05, 0) is 50.2 Å². The van der Waals surface area contributed by atoms with E-state index in [2.05, 4.69) is 24.5 Å². The zero-order valence-corrected chi connectivity index (χ0v) is 13.2. The van der Waals surface area contributed by atoms with Gasteiger partial charge in [-0.2, -0.15) is 0 Å². The number of hydrogen-bond acceptors (Lipinski definition) is 4. The summed E-state index contributed by atoms with van der Waals surface area (Å²) in [6.07, 6.45) is 1.12. The lowest BCUT2D eigenvalue weighted by Crippen LogP contribution is -2.24. The van der Waals surface area contributed by atoms with Crippen LogP contribution in [0.4, 0.5) is 0 Å². The fraction of sp³-hybridized carbons (Fsp3) is 0.625. The monoisotopic (exact) mass is 280 g/mol. The van der Waals surface area contributed by atoms with Gasteiger partial charge in [-0.25, -0.2) is 0 Å². The molecule has 1 aromatic carbocycles. The zero-order valence-electron chi connectivity index (χ0n) is 13.2. The third-order valence-corrected chi connectivity index (χ3v) is 3.06. The van der Waals surface area contributed by atoms with Crippen molar-refractivity contribution in [1.29, 1.82) is 0 Å². The van der Waals surface area contributed by atoms with Gasteiger partial charge in [0.1, 0.15) is 11.5 Å². The highest BCUT2D eigenvalue weighted by atomic mass is 16.5. The molecular formula is C16H28N2O2. The van der Waals surface area contributed by atoms with Crippen LogP contribution in [0, 0.1) is 5.92 Å². The molecule has 0 fully saturated rings. The SMILES string of the molecule is COc1ccc(OC)c(CNCCCNCC(C)C)c1. The Morgan fingerprint density at radius 1 is 1.05 bits per heavy atom. The van der Waals surface area contributed by atoms with Crippen LogP contribution in [0.25, 0.3) is 0 Å². The lowest BCUT2D eigenvalue weighted by atomic mass is 10.2. The van der Waals surface area contributed by atoms with Crippen molar-refractivity contribution < 1.29 is 9.47 Å². The van der Waals surface area contributed by atoms with E-state index in [9.17, 15) is 0 Å². The van der Waals surface area contributed by atoms with Crippen LogP contribution in [0.1, 0.15) is 25.8 Å². The highest BCUT2D eigenvalue weighted by Gasteiger charge is 2.04. The molecule has 0 amide bonds. The second-order valence-electron chi connectivity index (χ2n) is 5.31. The maximum absolute atomic E-state index is 5.36. The van der Waals surface area contributed by atoms with Crippen LogP contribution < -0.4 is 20.1 Å². The minimum atomic E-state index is 0.712. The molecular weight excluding hydrogens is 252 g/mol. The first-order chi connectivity index (χ1) is 9.67. The van der Waals surface area contributed by atoms with E-state index >= 15 is 0 Å². The van der Waals surface area contributed by atoms with E-state index in [1.165, 1.54) is 0 Å². The third kappa shape index (κ3) is 6.26. The van der Waals surface area contributed by atoms with Crippen LogP contribution in [0.5, 0.6) is 11.5 Å². The van der Waals surface area contributed by atoms with Gasteiger partial charge in [-0.1, -0.05) is 13.8 Å². The Morgan fingerprint density at radius 2 is 1.80 bits per heavy atom. The lowest BCUT2D eigenvalue weighted by Gasteiger charge is -2.12. The van der Waals surface area contributed by atoms with Gasteiger partial charge in [-0.3, -0.25) is 0 Å². The molecule has 0 radical (unpaired) electrons. The molecule has 0 bridgehead atoms. The third-order valence-electron chi connectivity index (χ3n) is 3.06. The Bertz CT molecular complexity index is 381. The zero-order chi connectivity index (χ0) is 14.8. The highest BCUT2D eigenvalue weighted by molar-refractivity contribution is 5.40. The fourth-order valence-corrected chi connectivity index (χ4v) is 1.97. The van der Waals surface area contributed by atoms with Crippen molar-refractivity contribution in [3.05, 3.63) is 23.8 Å². The van der Waals surface area contributed by atoms with Crippen molar-refractivity contribution in [1.82, 2.24) is 10.6 Å². The van der Waals surface area contributed by atoms with Gasteiger partial charge in [0.25, 0.3) is 0 Å². The summed E-state index contributed by atoms with van der Waals surface area (Å²) in [6, 6.07) is 5.88. The normalized spacial score (nSPS) is 10.8. The molecule has 1 aromatic rings. The van der Waals surface area contributed by atoms with Crippen LogP contribution >= 0.6 is 0 Å². The first-order valence-electron chi connectivity index (χ1n) is 7.29. The quantitative estimate of drug-likeness (QED) is 0.646. The molecule has 0 unspecified atom stereocenters. The Hall–Kier alpha value is -1.26. The number of methoxy groups -OCH3 is 2. The van der Waals surface area contributed by atoms with Gasteiger partial charge in [0.05, 0.1) is 14.2 Å². The molecule has 4 nitrogen and oxygen atoms in total. The van der Waals surface area contributed by atoms with E-state index in [4.69, 9.17) is 9.47 Å². The summed E-state index contributed by atoms with van der Waals surface area (Å²) in [5, 5.41) is 6.88. The van der Waals surface area contributed by atoms with Gasteiger partial charge in [-0.15, -0.1) is 0 Å². The molecule has 20 heavy (non-hydrogen) atoms.